The Bertz CT molecular complexity index is 1180. The summed E-state index contributed by atoms with van der Waals surface area (Å²) >= 11 is 0. The molecule has 1 fully saturated rings. The molecular weight excluding hydrogens is 476 g/mol. The summed E-state index contributed by atoms with van der Waals surface area (Å²) in [6.07, 6.45) is 5.30. The fraction of sp³-hybridized carbons (Fsp3) is 0.357. The van der Waals surface area contributed by atoms with Gasteiger partial charge in [-0.15, -0.1) is 0 Å². The third-order valence-corrected chi connectivity index (χ3v) is 6.51. The number of carbonyl (C=O) groups excluding carboxylic acids is 2. The van der Waals surface area contributed by atoms with Crippen LogP contribution in [0.25, 0.3) is 0 Å². The number of hydrogen-bond donors (Lipinski definition) is 1. The van der Waals surface area contributed by atoms with Crippen molar-refractivity contribution in [2.24, 2.45) is 0 Å². The van der Waals surface area contributed by atoms with Gasteiger partial charge < -0.3 is 28.7 Å². The molecule has 3 aromatic rings. The first-order valence-electron chi connectivity index (χ1n) is 12.1. The second-order valence-electron chi connectivity index (χ2n) is 8.70. The number of ether oxygens (including phenoxy) is 4. The molecule has 9 nitrogen and oxygen atoms in total. The zero-order valence-corrected chi connectivity index (χ0v) is 21.5. The highest BCUT2D eigenvalue weighted by Gasteiger charge is 2.37. The van der Waals surface area contributed by atoms with Crippen LogP contribution in [0.1, 0.15) is 47.8 Å². The Morgan fingerprint density at radius 2 is 1.57 bits per heavy atom. The molecule has 196 valence electrons. The lowest BCUT2D eigenvalue weighted by molar-refractivity contribution is -0.123. The van der Waals surface area contributed by atoms with Crippen molar-refractivity contribution < 1.29 is 33.0 Å². The molecule has 1 saturated carbocycles. The Labute approximate surface area is 216 Å². The maximum absolute atomic E-state index is 14.0. The molecule has 0 unspecified atom stereocenters. The third kappa shape index (κ3) is 5.50. The predicted molar refractivity (Wildman–Crippen MR) is 138 cm³/mol. The molecule has 0 radical (unpaired) electrons. The third-order valence-electron chi connectivity index (χ3n) is 6.51. The van der Waals surface area contributed by atoms with Crippen molar-refractivity contribution in [1.82, 2.24) is 5.32 Å². The van der Waals surface area contributed by atoms with Gasteiger partial charge in [0.2, 0.25) is 11.7 Å². The highest BCUT2D eigenvalue weighted by molar-refractivity contribution is 6.08. The smallest absolute Gasteiger partial charge is 0.294 e. The molecule has 37 heavy (non-hydrogen) atoms. The van der Waals surface area contributed by atoms with E-state index < -0.39 is 11.9 Å². The highest BCUT2D eigenvalue weighted by Crippen LogP contribution is 2.42. The van der Waals surface area contributed by atoms with Gasteiger partial charge in [0.25, 0.3) is 5.91 Å². The second kappa shape index (κ2) is 11.7. The van der Waals surface area contributed by atoms with Gasteiger partial charge in [0.15, 0.2) is 17.3 Å². The summed E-state index contributed by atoms with van der Waals surface area (Å²) in [6, 6.07) is 12.5. The molecule has 0 spiro atoms. The van der Waals surface area contributed by atoms with Crippen molar-refractivity contribution in [1.29, 1.82) is 0 Å². The van der Waals surface area contributed by atoms with Crippen LogP contribution in [0.2, 0.25) is 0 Å². The molecule has 1 aliphatic carbocycles. The number of benzene rings is 2. The van der Waals surface area contributed by atoms with Gasteiger partial charge in [-0.05, 0) is 66.9 Å². The van der Waals surface area contributed by atoms with E-state index in [0.29, 0.717) is 34.2 Å². The van der Waals surface area contributed by atoms with Gasteiger partial charge in [0.05, 0.1) is 34.7 Å². The highest BCUT2D eigenvalue weighted by atomic mass is 16.5. The number of methoxy groups -OCH3 is 4. The molecule has 2 amide bonds. The lowest BCUT2D eigenvalue weighted by Gasteiger charge is -2.32. The molecule has 2 aromatic carbocycles. The number of furan rings is 1. The van der Waals surface area contributed by atoms with Gasteiger partial charge >= 0.3 is 0 Å². The van der Waals surface area contributed by atoms with Gasteiger partial charge in [-0.2, -0.15) is 0 Å². The summed E-state index contributed by atoms with van der Waals surface area (Å²) < 4.78 is 27.3. The zero-order valence-electron chi connectivity index (χ0n) is 21.5. The van der Waals surface area contributed by atoms with E-state index in [-0.39, 0.29) is 17.7 Å². The van der Waals surface area contributed by atoms with Crippen LogP contribution in [-0.2, 0) is 4.79 Å². The van der Waals surface area contributed by atoms with Crippen LogP contribution in [0.4, 0.5) is 5.69 Å². The molecule has 0 saturated heterocycles. The van der Waals surface area contributed by atoms with Crippen LogP contribution in [0.5, 0.6) is 23.0 Å². The summed E-state index contributed by atoms with van der Waals surface area (Å²) in [5.74, 6) is 1.05. The van der Waals surface area contributed by atoms with Crippen molar-refractivity contribution in [3.05, 3.63) is 66.1 Å². The van der Waals surface area contributed by atoms with Crippen LogP contribution in [0.15, 0.2) is 59.2 Å². The van der Waals surface area contributed by atoms with Crippen LogP contribution >= 0.6 is 0 Å². The summed E-state index contributed by atoms with van der Waals surface area (Å²) in [4.78, 5) is 29.3. The maximum Gasteiger partial charge on any atom is 0.294 e. The normalized spacial score (nSPS) is 14.1. The molecule has 4 rings (SSSR count). The van der Waals surface area contributed by atoms with Crippen molar-refractivity contribution in [3.8, 4) is 23.0 Å². The Balaban J connectivity index is 1.89. The van der Waals surface area contributed by atoms with Gasteiger partial charge in [0, 0.05) is 11.7 Å². The molecule has 1 aromatic heterocycles. The van der Waals surface area contributed by atoms with Gasteiger partial charge in [0.1, 0.15) is 11.8 Å². The topological polar surface area (TPSA) is 99.5 Å². The Morgan fingerprint density at radius 1 is 0.919 bits per heavy atom. The Morgan fingerprint density at radius 3 is 2.08 bits per heavy atom. The van der Waals surface area contributed by atoms with E-state index in [0.717, 1.165) is 25.7 Å². The number of anilines is 1. The van der Waals surface area contributed by atoms with E-state index in [4.69, 9.17) is 23.4 Å². The first-order valence-corrected chi connectivity index (χ1v) is 12.1. The fourth-order valence-corrected chi connectivity index (χ4v) is 4.67. The zero-order chi connectivity index (χ0) is 26.4. The average molecular weight is 509 g/mol. The van der Waals surface area contributed by atoms with E-state index in [1.165, 1.54) is 32.5 Å². The van der Waals surface area contributed by atoms with E-state index >= 15 is 0 Å². The number of amides is 2. The lowest BCUT2D eigenvalue weighted by atomic mass is 10.0. The predicted octanol–water partition coefficient (Wildman–Crippen LogP) is 4.76. The SMILES string of the molecule is COc1ccc(N(C(=O)c2ccco2)[C@H](C(=O)NC2CCCC2)c2cc(OC)c(OC)c(OC)c2)cc1. The monoisotopic (exact) mass is 508 g/mol. The van der Waals surface area contributed by atoms with Crippen LogP contribution in [0.3, 0.4) is 0 Å². The average Bonchev–Trinajstić information content (AvgIpc) is 3.65. The van der Waals surface area contributed by atoms with Crippen molar-refractivity contribution in [2.45, 2.75) is 37.8 Å². The fourth-order valence-electron chi connectivity index (χ4n) is 4.67. The summed E-state index contributed by atoms with van der Waals surface area (Å²) in [6.45, 7) is 0. The number of carbonyl (C=O) groups is 2. The van der Waals surface area contributed by atoms with E-state index in [1.54, 1.807) is 55.6 Å². The molecule has 1 heterocycles. The molecule has 9 heteroatoms. The Kier molecular flexibility index (Phi) is 8.22. The van der Waals surface area contributed by atoms with Crippen LogP contribution in [0, 0.1) is 0 Å². The minimum Gasteiger partial charge on any atom is -0.497 e. The lowest BCUT2D eigenvalue weighted by Crippen LogP contribution is -2.46. The number of hydrogen-bond acceptors (Lipinski definition) is 7. The van der Waals surface area contributed by atoms with Crippen molar-refractivity contribution in [3.63, 3.8) is 0 Å². The molecule has 1 atom stereocenters. The Hall–Kier alpha value is -4.14. The quantitative estimate of drug-likeness (QED) is 0.421. The van der Waals surface area contributed by atoms with E-state index in [1.807, 2.05) is 0 Å². The van der Waals surface area contributed by atoms with Gasteiger partial charge in [-0.1, -0.05) is 12.8 Å². The molecule has 1 aliphatic rings. The standard InChI is InChI=1S/C28H32N2O7/c1-33-21-13-11-20(12-14-21)30(28(32)22-10-7-15-37-22)25(27(31)29-19-8-5-6-9-19)18-16-23(34-2)26(36-4)24(17-18)35-3/h7,10-17,19,25H,5-6,8-9H2,1-4H3,(H,29,31)/t25-/m0/s1. The summed E-state index contributed by atoms with van der Waals surface area (Å²) in [5.41, 5.74) is 0.975. The van der Waals surface area contributed by atoms with Gasteiger partial charge in [-0.3, -0.25) is 14.5 Å². The molecule has 0 aliphatic heterocycles. The van der Waals surface area contributed by atoms with E-state index in [9.17, 15) is 9.59 Å². The first-order chi connectivity index (χ1) is 18.0. The van der Waals surface area contributed by atoms with E-state index in [2.05, 4.69) is 5.32 Å². The van der Waals surface area contributed by atoms with Crippen LogP contribution in [-0.4, -0.2) is 46.3 Å². The second-order valence-corrected chi connectivity index (χ2v) is 8.70. The van der Waals surface area contributed by atoms with Crippen molar-refractivity contribution in [2.75, 3.05) is 33.3 Å². The first kappa shape index (κ1) is 25.9. The number of nitrogens with zero attached hydrogens (tertiary/aromatic N) is 1. The minimum atomic E-state index is -1.07. The van der Waals surface area contributed by atoms with Gasteiger partial charge in [-0.25, -0.2) is 0 Å². The maximum atomic E-state index is 14.0. The molecule has 0 bridgehead atoms. The number of rotatable bonds is 10. The molecular formula is C28H32N2O7. The van der Waals surface area contributed by atoms with Crippen LogP contribution < -0.4 is 29.2 Å². The number of nitrogens with one attached hydrogen (secondary N) is 1. The summed E-state index contributed by atoms with van der Waals surface area (Å²) in [7, 11) is 6.08. The molecule has 1 N–H and O–H groups in total. The van der Waals surface area contributed by atoms with Crippen molar-refractivity contribution >= 4 is 17.5 Å². The largest absolute Gasteiger partial charge is 0.497 e. The minimum absolute atomic E-state index is 0.0356. The summed E-state index contributed by atoms with van der Waals surface area (Å²) in [5, 5.41) is 3.15.